The van der Waals surface area contributed by atoms with E-state index < -0.39 is 0 Å². The summed E-state index contributed by atoms with van der Waals surface area (Å²) in [7, 11) is 0. The van der Waals surface area contributed by atoms with Gasteiger partial charge in [0.05, 0.1) is 0 Å². The normalized spacial score (nSPS) is 24.3. The van der Waals surface area contributed by atoms with E-state index in [1.54, 1.807) is 0 Å². The van der Waals surface area contributed by atoms with Gasteiger partial charge in [0, 0.05) is 23.2 Å². The quantitative estimate of drug-likeness (QED) is 0.754. The summed E-state index contributed by atoms with van der Waals surface area (Å²) in [6, 6.07) is 15.1. The van der Waals surface area contributed by atoms with E-state index in [-0.39, 0.29) is 11.9 Å². The summed E-state index contributed by atoms with van der Waals surface area (Å²) in [5.41, 5.74) is 4.22. The van der Waals surface area contributed by atoms with E-state index in [0.717, 1.165) is 30.5 Å². The van der Waals surface area contributed by atoms with Gasteiger partial charge in [-0.1, -0.05) is 49.4 Å². The number of carbonyl (C=O) groups excluding carboxylic acids is 1. The number of fused-ring (bicyclic) bond motifs is 2. The van der Waals surface area contributed by atoms with Crippen molar-refractivity contribution in [2.24, 2.45) is 5.92 Å². The lowest BCUT2D eigenvalue weighted by Crippen LogP contribution is -2.28. The highest BCUT2D eigenvalue weighted by Gasteiger charge is 2.41. The number of carbonyl (C=O) groups is 1. The van der Waals surface area contributed by atoms with Gasteiger partial charge in [-0.15, -0.1) is 0 Å². The number of hydrogen-bond acceptors (Lipinski definition) is 2. The first-order valence-electron chi connectivity index (χ1n) is 9.55. The Labute approximate surface area is 153 Å². The molecule has 1 aromatic heterocycles. The number of H-pyrrole nitrogens is 1. The van der Waals surface area contributed by atoms with E-state index >= 15 is 0 Å². The molecule has 5 rings (SSSR count). The molecule has 2 aliphatic carbocycles. The molecule has 2 aromatic carbocycles. The lowest BCUT2D eigenvalue weighted by molar-refractivity contribution is 0.0944. The van der Waals surface area contributed by atoms with Crippen LogP contribution >= 0.6 is 0 Å². The second-order valence-electron chi connectivity index (χ2n) is 7.87. The van der Waals surface area contributed by atoms with Crippen LogP contribution in [0.2, 0.25) is 0 Å². The fourth-order valence-electron chi connectivity index (χ4n) is 4.37. The molecule has 2 N–H and O–H groups in total. The van der Waals surface area contributed by atoms with Crippen LogP contribution in [0.3, 0.4) is 0 Å². The predicted octanol–water partition coefficient (Wildman–Crippen LogP) is 3.97. The van der Waals surface area contributed by atoms with E-state index in [4.69, 9.17) is 0 Å². The number of benzene rings is 2. The summed E-state index contributed by atoms with van der Waals surface area (Å²) in [5, 5.41) is 13.2. The number of hydrogen-bond donors (Lipinski definition) is 2. The van der Waals surface area contributed by atoms with E-state index in [0.29, 0.717) is 17.5 Å². The first-order chi connectivity index (χ1) is 12.7. The molecule has 4 nitrogen and oxygen atoms in total. The topological polar surface area (TPSA) is 57.8 Å². The average Bonchev–Trinajstić information content (AvgIpc) is 3.28. The monoisotopic (exact) mass is 345 g/mol. The number of nitrogens with one attached hydrogen (secondary N) is 2. The third-order valence-corrected chi connectivity index (χ3v) is 5.94. The molecule has 132 valence electrons. The van der Waals surface area contributed by atoms with Crippen molar-refractivity contribution in [2.75, 3.05) is 0 Å². The van der Waals surface area contributed by atoms with Gasteiger partial charge in [0.1, 0.15) is 0 Å². The smallest absolute Gasteiger partial charge is 0.272 e. The molecule has 3 atom stereocenters. The molecule has 1 heterocycles. The first kappa shape index (κ1) is 15.6. The van der Waals surface area contributed by atoms with Crippen molar-refractivity contribution >= 4 is 16.7 Å². The number of aromatic amines is 1. The number of nitrogens with zero attached hydrogens (tertiary/aromatic N) is 1. The van der Waals surface area contributed by atoms with Crippen LogP contribution in [0.1, 0.15) is 53.0 Å². The predicted molar refractivity (Wildman–Crippen MR) is 102 cm³/mol. The highest BCUT2D eigenvalue weighted by molar-refractivity contribution is 5.95. The minimum Gasteiger partial charge on any atom is -0.347 e. The highest BCUT2D eigenvalue weighted by atomic mass is 16.2. The molecule has 0 radical (unpaired) electrons. The molecule has 2 aliphatic rings. The van der Waals surface area contributed by atoms with Gasteiger partial charge in [-0.05, 0) is 47.9 Å². The van der Waals surface area contributed by atoms with E-state index in [2.05, 4.69) is 64.9 Å². The molecule has 0 saturated heterocycles. The Balaban J connectivity index is 1.34. The zero-order valence-corrected chi connectivity index (χ0v) is 15.0. The summed E-state index contributed by atoms with van der Waals surface area (Å²) in [4.78, 5) is 12.8. The lowest BCUT2D eigenvalue weighted by atomic mass is 9.87. The van der Waals surface area contributed by atoms with E-state index in [9.17, 15) is 4.79 Å². The van der Waals surface area contributed by atoms with Crippen LogP contribution in [-0.2, 0) is 12.8 Å². The first-order valence-corrected chi connectivity index (χ1v) is 9.55. The van der Waals surface area contributed by atoms with Crippen LogP contribution in [-0.4, -0.2) is 22.1 Å². The zero-order valence-electron chi connectivity index (χ0n) is 15.0. The maximum Gasteiger partial charge on any atom is 0.272 e. The zero-order chi connectivity index (χ0) is 17.7. The molecule has 0 bridgehead atoms. The summed E-state index contributed by atoms with van der Waals surface area (Å²) in [6.07, 6.45) is 4.12. The third-order valence-electron chi connectivity index (χ3n) is 5.94. The molecular weight excluding hydrogens is 322 g/mol. The van der Waals surface area contributed by atoms with E-state index in [1.807, 2.05) is 0 Å². The van der Waals surface area contributed by atoms with Gasteiger partial charge >= 0.3 is 0 Å². The second-order valence-corrected chi connectivity index (χ2v) is 7.87. The molecular formula is C22H23N3O. The summed E-state index contributed by atoms with van der Waals surface area (Å²) >= 11 is 0. The molecule has 1 fully saturated rings. The van der Waals surface area contributed by atoms with Crippen LogP contribution in [0.25, 0.3) is 10.8 Å². The maximum absolute atomic E-state index is 12.8. The Kier molecular flexibility index (Phi) is 3.59. The Morgan fingerprint density at radius 1 is 1.19 bits per heavy atom. The van der Waals surface area contributed by atoms with Crippen molar-refractivity contribution in [2.45, 2.75) is 44.6 Å². The van der Waals surface area contributed by atoms with Gasteiger partial charge in [-0.2, -0.15) is 5.10 Å². The Bertz CT molecular complexity index is 985. The molecule has 26 heavy (non-hydrogen) atoms. The fraction of sp³-hybridized carbons (Fsp3) is 0.364. The largest absolute Gasteiger partial charge is 0.347 e. The Morgan fingerprint density at radius 2 is 2.04 bits per heavy atom. The van der Waals surface area contributed by atoms with Gasteiger partial charge in [0.25, 0.3) is 5.91 Å². The number of aromatic nitrogens is 2. The van der Waals surface area contributed by atoms with Crippen LogP contribution < -0.4 is 5.32 Å². The standard InChI is InChI=1S/C22H23N3O/c1-13-9-10-19-18(11-13)21(25-24-19)22(26)23-20-12-17(20)16-8-4-6-14-5-2-3-7-15(14)16/h2-8,13,17,20H,9-12H2,1H3,(H,23,26)(H,24,25)/t13?,17-,20+/m0/s1. The molecule has 3 aromatic rings. The summed E-state index contributed by atoms with van der Waals surface area (Å²) in [6.45, 7) is 2.25. The average molecular weight is 345 g/mol. The van der Waals surface area contributed by atoms with Crippen molar-refractivity contribution in [1.29, 1.82) is 0 Å². The maximum atomic E-state index is 12.8. The van der Waals surface area contributed by atoms with Crippen molar-refractivity contribution in [3.05, 3.63) is 65.0 Å². The van der Waals surface area contributed by atoms with Gasteiger partial charge in [-0.3, -0.25) is 9.89 Å². The minimum absolute atomic E-state index is 0.0238. The molecule has 4 heteroatoms. The highest BCUT2D eigenvalue weighted by Crippen LogP contribution is 2.43. The molecule has 1 amide bonds. The SMILES string of the molecule is CC1CCc2[nH]nc(C(=O)N[C@@H]3C[C@H]3c3cccc4ccccc34)c2C1. The fourth-order valence-corrected chi connectivity index (χ4v) is 4.37. The van der Waals surface area contributed by atoms with Crippen LogP contribution in [0.5, 0.6) is 0 Å². The van der Waals surface area contributed by atoms with Crippen LogP contribution in [0.4, 0.5) is 0 Å². The number of aryl methyl sites for hydroxylation is 1. The summed E-state index contributed by atoms with van der Waals surface area (Å²) < 4.78 is 0. The van der Waals surface area contributed by atoms with Gasteiger partial charge in [0.2, 0.25) is 0 Å². The van der Waals surface area contributed by atoms with Crippen molar-refractivity contribution < 1.29 is 4.79 Å². The number of amides is 1. The Morgan fingerprint density at radius 3 is 2.96 bits per heavy atom. The molecule has 0 aliphatic heterocycles. The van der Waals surface area contributed by atoms with Gasteiger partial charge in [0.15, 0.2) is 5.69 Å². The molecule has 1 saturated carbocycles. The Hall–Kier alpha value is -2.62. The van der Waals surface area contributed by atoms with E-state index in [1.165, 1.54) is 22.8 Å². The van der Waals surface area contributed by atoms with Gasteiger partial charge < -0.3 is 5.32 Å². The third kappa shape index (κ3) is 2.61. The second kappa shape index (κ2) is 5.97. The van der Waals surface area contributed by atoms with Crippen molar-refractivity contribution in [3.8, 4) is 0 Å². The minimum atomic E-state index is -0.0238. The van der Waals surface area contributed by atoms with Crippen molar-refractivity contribution in [3.63, 3.8) is 0 Å². The number of rotatable bonds is 3. The van der Waals surface area contributed by atoms with Crippen molar-refractivity contribution in [1.82, 2.24) is 15.5 Å². The van der Waals surface area contributed by atoms with Crippen LogP contribution in [0, 0.1) is 5.92 Å². The van der Waals surface area contributed by atoms with Crippen LogP contribution in [0.15, 0.2) is 42.5 Å². The molecule has 0 spiro atoms. The summed E-state index contributed by atoms with van der Waals surface area (Å²) in [5.74, 6) is 0.999. The van der Waals surface area contributed by atoms with Gasteiger partial charge in [-0.25, -0.2) is 0 Å². The molecule has 1 unspecified atom stereocenters. The lowest BCUT2D eigenvalue weighted by Gasteiger charge is -2.18.